The van der Waals surface area contributed by atoms with Crippen molar-refractivity contribution in [1.82, 2.24) is 10.2 Å². The first-order valence-electron chi connectivity index (χ1n) is 10.8. The third-order valence-electron chi connectivity index (χ3n) is 5.57. The molecule has 2 aromatic rings. The molecular weight excluding hydrogens is 462 g/mol. The van der Waals surface area contributed by atoms with Crippen LogP contribution in [-0.2, 0) is 26.2 Å². The summed E-state index contributed by atoms with van der Waals surface area (Å²) in [5.41, 5.74) is 2.05. The molecule has 0 radical (unpaired) electrons. The second-order valence-electron chi connectivity index (χ2n) is 8.16. The van der Waals surface area contributed by atoms with Gasteiger partial charge in [-0.05, 0) is 50.5 Å². The molecule has 0 aliphatic carbocycles. The second-order valence-corrected chi connectivity index (χ2v) is 10.5. The third kappa shape index (κ3) is 7.20. The van der Waals surface area contributed by atoms with Crippen molar-refractivity contribution in [3.8, 4) is 0 Å². The van der Waals surface area contributed by atoms with Crippen molar-refractivity contribution < 1.29 is 18.0 Å². The Balaban J connectivity index is 2.41. The Hall–Kier alpha value is -2.58. The smallest absolute Gasteiger partial charge is 0.244 e. The first kappa shape index (κ1) is 26.7. The quantitative estimate of drug-likeness (QED) is 0.546. The largest absolute Gasteiger partial charge is 0.352 e. The van der Waals surface area contributed by atoms with Gasteiger partial charge >= 0.3 is 0 Å². The fourth-order valence-corrected chi connectivity index (χ4v) is 4.42. The van der Waals surface area contributed by atoms with Crippen LogP contribution < -0.4 is 9.62 Å². The minimum Gasteiger partial charge on any atom is -0.352 e. The van der Waals surface area contributed by atoms with E-state index in [0.29, 0.717) is 0 Å². The molecule has 180 valence electrons. The maximum atomic E-state index is 13.5. The highest BCUT2D eigenvalue weighted by Crippen LogP contribution is 2.27. The Kier molecular flexibility index (Phi) is 9.31. The molecule has 0 aliphatic rings. The van der Waals surface area contributed by atoms with Crippen LogP contribution in [0.2, 0.25) is 5.02 Å². The predicted molar refractivity (Wildman–Crippen MR) is 133 cm³/mol. The van der Waals surface area contributed by atoms with Crippen LogP contribution in [0.3, 0.4) is 0 Å². The Labute approximate surface area is 201 Å². The summed E-state index contributed by atoms with van der Waals surface area (Å²) < 4.78 is 26.1. The molecule has 0 aliphatic heterocycles. The molecule has 0 heterocycles. The summed E-state index contributed by atoms with van der Waals surface area (Å²) in [5, 5.41) is 3.12. The lowest BCUT2D eigenvalue weighted by Gasteiger charge is -2.32. The number of hydrogen-bond donors (Lipinski definition) is 1. The molecule has 0 fully saturated rings. The van der Waals surface area contributed by atoms with Crippen molar-refractivity contribution in [2.75, 3.05) is 17.1 Å². The lowest BCUT2D eigenvalue weighted by Crippen LogP contribution is -2.52. The fourth-order valence-electron chi connectivity index (χ4n) is 3.27. The Morgan fingerprint density at radius 1 is 1.06 bits per heavy atom. The Morgan fingerprint density at radius 3 is 2.24 bits per heavy atom. The van der Waals surface area contributed by atoms with E-state index in [1.807, 2.05) is 45.0 Å². The van der Waals surface area contributed by atoms with E-state index >= 15 is 0 Å². The topological polar surface area (TPSA) is 86.8 Å². The normalized spacial score (nSPS) is 13.2. The van der Waals surface area contributed by atoms with Crippen LogP contribution in [0.15, 0.2) is 48.5 Å². The molecule has 0 spiro atoms. The molecule has 2 atom stereocenters. The Bertz CT molecular complexity index is 1090. The molecule has 9 heteroatoms. The lowest BCUT2D eigenvalue weighted by atomic mass is 10.1. The molecule has 2 amide bonds. The van der Waals surface area contributed by atoms with Gasteiger partial charge in [-0.2, -0.15) is 0 Å². The van der Waals surface area contributed by atoms with Gasteiger partial charge in [0, 0.05) is 12.6 Å². The molecule has 2 aromatic carbocycles. The van der Waals surface area contributed by atoms with Crippen molar-refractivity contribution >= 4 is 39.1 Å². The number of halogens is 1. The average Bonchev–Trinajstić information content (AvgIpc) is 2.76. The number of nitrogens with zero attached hydrogens (tertiary/aromatic N) is 2. The number of nitrogens with one attached hydrogen (secondary N) is 1. The van der Waals surface area contributed by atoms with Crippen LogP contribution in [-0.4, -0.2) is 50.0 Å². The molecule has 0 bridgehead atoms. The van der Waals surface area contributed by atoms with Crippen LogP contribution in [0, 0.1) is 6.92 Å². The third-order valence-corrected chi connectivity index (χ3v) is 7.02. The first-order chi connectivity index (χ1) is 15.5. The molecular formula is C24H32ClN3O4S. The highest BCUT2D eigenvalue weighted by molar-refractivity contribution is 7.92. The average molecular weight is 494 g/mol. The Morgan fingerprint density at radius 2 is 1.67 bits per heavy atom. The van der Waals surface area contributed by atoms with E-state index in [1.54, 1.807) is 31.2 Å². The summed E-state index contributed by atoms with van der Waals surface area (Å²) in [6.07, 6.45) is 1.77. The number of rotatable bonds is 10. The van der Waals surface area contributed by atoms with Crippen LogP contribution in [0.25, 0.3) is 0 Å². The van der Waals surface area contributed by atoms with Gasteiger partial charge in [0.25, 0.3) is 0 Å². The number of sulfonamides is 1. The van der Waals surface area contributed by atoms with Gasteiger partial charge in [0.1, 0.15) is 12.6 Å². The summed E-state index contributed by atoms with van der Waals surface area (Å²) in [4.78, 5) is 27.8. The minimum absolute atomic E-state index is 0.0500. The van der Waals surface area contributed by atoms with E-state index in [4.69, 9.17) is 11.6 Å². The summed E-state index contributed by atoms with van der Waals surface area (Å²) in [6, 6.07) is 13.1. The lowest BCUT2D eigenvalue weighted by molar-refractivity contribution is -0.139. The van der Waals surface area contributed by atoms with Gasteiger partial charge in [-0.3, -0.25) is 13.9 Å². The number of anilines is 1. The van der Waals surface area contributed by atoms with Gasteiger partial charge in [0.15, 0.2) is 0 Å². The van der Waals surface area contributed by atoms with Crippen LogP contribution in [0.1, 0.15) is 38.3 Å². The van der Waals surface area contributed by atoms with Crippen molar-refractivity contribution in [3.63, 3.8) is 0 Å². The van der Waals surface area contributed by atoms with Gasteiger partial charge in [0.05, 0.1) is 17.0 Å². The number of carbonyl (C=O) groups is 2. The van der Waals surface area contributed by atoms with Gasteiger partial charge in [0.2, 0.25) is 21.8 Å². The molecule has 0 saturated carbocycles. The fraction of sp³-hybridized carbons (Fsp3) is 0.417. The summed E-state index contributed by atoms with van der Waals surface area (Å²) in [7, 11) is -3.82. The van der Waals surface area contributed by atoms with Gasteiger partial charge < -0.3 is 10.2 Å². The highest BCUT2D eigenvalue weighted by atomic mass is 35.5. The summed E-state index contributed by atoms with van der Waals surface area (Å²) in [6.45, 7) is 7.11. The monoisotopic (exact) mass is 493 g/mol. The van der Waals surface area contributed by atoms with E-state index in [1.165, 1.54) is 4.90 Å². The minimum atomic E-state index is -3.82. The predicted octanol–water partition coefficient (Wildman–Crippen LogP) is 3.75. The molecule has 33 heavy (non-hydrogen) atoms. The second kappa shape index (κ2) is 11.5. The molecule has 7 nitrogen and oxygen atoms in total. The number of benzene rings is 2. The number of aryl methyl sites for hydroxylation is 1. The zero-order chi connectivity index (χ0) is 24.8. The highest BCUT2D eigenvalue weighted by Gasteiger charge is 2.31. The van der Waals surface area contributed by atoms with Crippen molar-refractivity contribution in [1.29, 1.82) is 0 Å². The first-order valence-corrected chi connectivity index (χ1v) is 13.0. The van der Waals surface area contributed by atoms with Gasteiger partial charge in [-0.1, -0.05) is 54.9 Å². The number of carbonyl (C=O) groups excluding carboxylic acids is 2. The van der Waals surface area contributed by atoms with Crippen molar-refractivity contribution in [2.24, 2.45) is 0 Å². The molecule has 0 aromatic heterocycles. The SMILES string of the molecule is CC[C@H](C)NC(=O)[C@@H](C)N(Cc1ccccc1C)C(=O)CN(c1ccccc1Cl)S(C)(=O)=O. The number of hydrogen-bond acceptors (Lipinski definition) is 4. The molecule has 0 saturated heterocycles. The van der Waals surface area contributed by atoms with E-state index in [0.717, 1.165) is 28.1 Å². The van der Waals surface area contributed by atoms with Gasteiger partial charge in [-0.15, -0.1) is 0 Å². The van der Waals surface area contributed by atoms with Gasteiger partial charge in [-0.25, -0.2) is 8.42 Å². The maximum absolute atomic E-state index is 13.5. The van der Waals surface area contributed by atoms with Crippen LogP contribution in [0.4, 0.5) is 5.69 Å². The van der Waals surface area contributed by atoms with E-state index in [-0.39, 0.29) is 29.2 Å². The number of para-hydroxylation sites is 1. The van der Waals surface area contributed by atoms with Crippen molar-refractivity contribution in [3.05, 3.63) is 64.7 Å². The summed E-state index contributed by atoms with van der Waals surface area (Å²) >= 11 is 6.23. The van der Waals surface area contributed by atoms with E-state index < -0.39 is 28.5 Å². The maximum Gasteiger partial charge on any atom is 0.244 e. The zero-order valence-corrected chi connectivity index (χ0v) is 21.3. The molecule has 1 N–H and O–H groups in total. The van der Waals surface area contributed by atoms with Crippen molar-refractivity contribution in [2.45, 2.75) is 52.7 Å². The number of amides is 2. The summed E-state index contributed by atoms with van der Waals surface area (Å²) in [5.74, 6) is -0.801. The molecule has 2 rings (SSSR count). The zero-order valence-electron chi connectivity index (χ0n) is 19.7. The van der Waals surface area contributed by atoms with E-state index in [2.05, 4.69) is 5.32 Å². The van der Waals surface area contributed by atoms with E-state index in [9.17, 15) is 18.0 Å². The van der Waals surface area contributed by atoms with Crippen LogP contribution in [0.5, 0.6) is 0 Å². The van der Waals surface area contributed by atoms with Crippen LogP contribution >= 0.6 is 11.6 Å². The molecule has 0 unspecified atom stereocenters. The standard InChI is InChI=1S/C24H32ClN3O4S/c1-6-18(3)26-24(30)19(4)27(15-20-12-8-7-11-17(20)2)23(29)16-28(33(5,31)32)22-14-10-9-13-21(22)25/h7-14,18-19H,6,15-16H2,1-5H3,(H,26,30)/t18-,19+/m0/s1.